The van der Waals surface area contributed by atoms with E-state index in [-0.39, 0.29) is 11.9 Å². The lowest BCUT2D eigenvalue weighted by Gasteiger charge is -2.35. The van der Waals surface area contributed by atoms with Gasteiger partial charge < -0.3 is 10.0 Å². The zero-order valence-electron chi connectivity index (χ0n) is 13.6. The Morgan fingerprint density at radius 3 is 2.73 bits per heavy atom. The van der Waals surface area contributed by atoms with Crippen molar-refractivity contribution in [3.8, 4) is 0 Å². The highest BCUT2D eigenvalue weighted by atomic mass is 16.3. The van der Waals surface area contributed by atoms with Gasteiger partial charge in [0.1, 0.15) is 0 Å². The van der Waals surface area contributed by atoms with Crippen LogP contribution in [0.1, 0.15) is 37.8 Å². The fraction of sp³-hybridized carbons (Fsp3) is 0.611. The molecule has 0 spiro atoms. The summed E-state index contributed by atoms with van der Waals surface area (Å²) < 4.78 is 0. The molecule has 0 aromatic heterocycles. The molecule has 1 N–H and O–H groups in total. The molecule has 0 radical (unpaired) electrons. The summed E-state index contributed by atoms with van der Waals surface area (Å²) in [4.78, 5) is 16.8. The third-order valence-corrected chi connectivity index (χ3v) is 5.00. The molecule has 1 unspecified atom stereocenters. The van der Waals surface area contributed by atoms with Crippen LogP contribution in [0.5, 0.6) is 0 Å². The van der Waals surface area contributed by atoms with Crippen molar-refractivity contribution in [2.75, 3.05) is 19.6 Å². The van der Waals surface area contributed by atoms with Crippen LogP contribution in [0.3, 0.4) is 0 Å². The minimum absolute atomic E-state index is 0.0912. The first-order chi connectivity index (χ1) is 10.4. The van der Waals surface area contributed by atoms with Gasteiger partial charge in [-0.3, -0.25) is 9.69 Å². The molecule has 0 bridgehead atoms. The molecule has 2 heterocycles. The van der Waals surface area contributed by atoms with Gasteiger partial charge in [0, 0.05) is 19.1 Å². The van der Waals surface area contributed by atoms with Crippen molar-refractivity contribution in [3.05, 3.63) is 35.4 Å². The molecule has 3 rings (SSSR count). The van der Waals surface area contributed by atoms with Crippen LogP contribution in [0, 0.1) is 0 Å². The van der Waals surface area contributed by atoms with Gasteiger partial charge in [-0.15, -0.1) is 0 Å². The first-order valence-corrected chi connectivity index (χ1v) is 8.26. The summed E-state index contributed by atoms with van der Waals surface area (Å²) in [6.07, 6.45) is 2.97. The molecule has 0 saturated carbocycles. The van der Waals surface area contributed by atoms with E-state index in [1.54, 1.807) is 0 Å². The van der Waals surface area contributed by atoms with Crippen LogP contribution >= 0.6 is 0 Å². The van der Waals surface area contributed by atoms with Crippen LogP contribution in [0.15, 0.2) is 24.3 Å². The fourth-order valence-corrected chi connectivity index (χ4v) is 3.80. The van der Waals surface area contributed by atoms with Crippen molar-refractivity contribution in [1.29, 1.82) is 0 Å². The molecule has 1 saturated heterocycles. The normalized spacial score (nSPS) is 22.7. The molecule has 120 valence electrons. The van der Waals surface area contributed by atoms with Crippen LogP contribution in [0.4, 0.5) is 0 Å². The number of carbonyl (C=O) groups excluding carboxylic acids is 1. The van der Waals surface area contributed by atoms with Gasteiger partial charge in [-0.1, -0.05) is 24.3 Å². The molecule has 2 aliphatic heterocycles. The van der Waals surface area contributed by atoms with E-state index in [1.165, 1.54) is 11.1 Å². The molecule has 2 aliphatic rings. The lowest BCUT2D eigenvalue weighted by Crippen LogP contribution is -2.50. The summed E-state index contributed by atoms with van der Waals surface area (Å²) in [6.45, 7) is 6.55. The standard InChI is InChI=1S/C18H26N2O2/c1-18(2,22)16-8-5-10-19(16)13-17(21)20-11-9-14-6-3-4-7-15(14)12-20/h3-4,6-7,16,22H,5,8-13H2,1-2H3. The third-order valence-electron chi connectivity index (χ3n) is 5.00. The van der Waals surface area contributed by atoms with Gasteiger partial charge in [0.25, 0.3) is 0 Å². The van der Waals surface area contributed by atoms with Gasteiger partial charge in [-0.2, -0.15) is 0 Å². The molecule has 4 heteroatoms. The number of amides is 1. The van der Waals surface area contributed by atoms with Gasteiger partial charge in [0.2, 0.25) is 5.91 Å². The molecule has 22 heavy (non-hydrogen) atoms. The van der Waals surface area contributed by atoms with E-state index in [4.69, 9.17) is 0 Å². The first kappa shape index (κ1) is 15.5. The molecule has 1 amide bonds. The minimum Gasteiger partial charge on any atom is -0.389 e. The van der Waals surface area contributed by atoms with Gasteiger partial charge >= 0.3 is 0 Å². The van der Waals surface area contributed by atoms with E-state index in [1.807, 2.05) is 24.8 Å². The van der Waals surface area contributed by atoms with Crippen molar-refractivity contribution in [3.63, 3.8) is 0 Å². The van der Waals surface area contributed by atoms with Crippen LogP contribution in [0.25, 0.3) is 0 Å². The zero-order valence-corrected chi connectivity index (χ0v) is 13.6. The van der Waals surface area contributed by atoms with Crippen molar-refractivity contribution in [2.45, 2.75) is 51.3 Å². The summed E-state index contributed by atoms with van der Waals surface area (Å²) in [7, 11) is 0. The van der Waals surface area contributed by atoms with E-state index in [0.29, 0.717) is 6.54 Å². The molecular weight excluding hydrogens is 276 g/mol. The lowest BCUT2D eigenvalue weighted by atomic mass is 9.96. The van der Waals surface area contributed by atoms with E-state index in [2.05, 4.69) is 23.1 Å². The maximum absolute atomic E-state index is 12.6. The Labute approximate surface area is 132 Å². The second-order valence-electron chi connectivity index (χ2n) is 7.12. The SMILES string of the molecule is CC(C)(O)C1CCCN1CC(=O)N1CCc2ccccc2C1. The highest BCUT2D eigenvalue weighted by molar-refractivity contribution is 5.78. The quantitative estimate of drug-likeness (QED) is 0.926. The van der Waals surface area contributed by atoms with Crippen molar-refractivity contribution < 1.29 is 9.90 Å². The smallest absolute Gasteiger partial charge is 0.237 e. The number of hydrogen-bond acceptors (Lipinski definition) is 3. The highest BCUT2D eigenvalue weighted by Gasteiger charge is 2.37. The average Bonchev–Trinajstić information content (AvgIpc) is 2.95. The summed E-state index contributed by atoms with van der Waals surface area (Å²) >= 11 is 0. The molecule has 1 aromatic carbocycles. The van der Waals surface area contributed by atoms with E-state index < -0.39 is 5.60 Å². The summed E-state index contributed by atoms with van der Waals surface area (Å²) in [5, 5.41) is 10.3. The Hall–Kier alpha value is -1.39. The third kappa shape index (κ3) is 3.18. The van der Waals surface area contributed by atoms with Crippen molar-refractivity contribution in [1.82, 2.24) is 9.80 Å². The number of likely N-dealkylation sites (tertiary alicyclic amines) is 1. The Kier molecular flexibility index (Phi) is 4.24. The van der Waals surface area contributed by atoms with E-state index in [9.17, 15) is 9.90 Å². The van der Waals surface area contributed by atoms with Gasteiger partial charge in [-0.05, 0) is 50.8 Å². The monoisotopic (exact) mass is 302 g/mol. The number of rotatable bonds is 3. The molecule has 1 aromatic rings. The topological polar surface area (TPSA) is 43.8 Å². The maximum Gasteiger partial charge on any atom is 0.237 e. The van der Waals surface area contributed by atoms with Crippen LogP contribution in [0.2, 0.25) is 0 Å². The number of carbonyl (C=O) groups is 1. The van der Waals surface area contributed by atoms with Crippen LogP contribution in [-0.2, 0) is 17.8 Å². The molecule has 4 nitrogen and oxygen atoms in total. The lowest BCUT2D eigenvalue weighted by molar-refractivity contribution is -0.134. The summed E-state index contributed by atoms with van der Waals surface area (Å²) in [5.41, 5.74) is 1.88. The van der Waals surface area contributed by atoms with E-state index >= 15 is 0 Å². The predicted octanol–water partition coefficient (Wildman–Crippen LogP) is 1.81. The molecule has 1 fully saturated rings. The first-order valence-electron chi connectivity index (χ1n) is 8.26. The minimum atomic E-state index is -0.745. The van der Waals surface area contributed by atoms with Gasteiger partial charge in [0.05, 0.1) is 12.1 Å². The maximum atomic E-state index is 12.6. The highest BCUT2D eigenvalue weighted by Crippen LogP contribution is 2.27. The average molecular weight is 302 g/mol. The Bertz CT molecular complexity index is 550. The second kappa shape index (κ2) is 6.01. The molecule has 0 aliphatic carbocycles. The van der Waals surface area contributed by atoms with Crippen molar-refractivity contribution >= 4 is 5.91 Å². The van der Waals surface area contributed by atoms with E-state index in [0.717, 1.165) is 38.9 Å². The number of aliphatic hydroxyl groups is 1. The fourth-order valence-electron chi connectivity index (χ4n) is 3.80. The van der Waals surface area contributed by atoms with Crippen molar-refractivity contribution in [2.24, 2.45) is 0 Å². The Morgan fingerprint density at radius 1 is 1.27 bits per heavy atom. The molecular formula is C18H26N2O2. The zero-order chi connectivity index (χ0) is 15.7. The van der Waals surface area contributed by atoms with Crippen LogP contribution < -0.4 is 0 Å². The summed E-state index contributed by atoms with van der Waals surface area (Å²) in [6, 6.07) is 8.46. The number of benzene rings is 1. The van der Waals surface area contributed by atoms with Gasteiger partial charge in [0.15, 0.2) is 0 Å². The summed E-state index contributed by atoms with van der Waals surface area (Å²) in [5.74, 6) is 0.186. The number of hydrogen-bond donors (Lipinski definition) is 1. The Morgan fingerprint density at radius 2 is 2.00 bits per heavy atom. The molecule has 1 atom stereocenters. The van der Waals surface area contributed by atoms with Gasteiger partial charge in [-0.25, -0.2) is 0 Å². The Balaban J connectivity index is 1.63. The second-order valence-corrected chi connectivity index (χ2v) is 7.12. The largest absolute Gasteiger partial charge is 0.389 e. The van der Waals surface area contributed by atoms with Crippen LogP contribution in [-0.4, -0.2) is 52.1 Å². The predicted molar refractivity (Wildman–Crippen MR) is 86.5 cm³/mol. The number of nitrogens with zero attached hydrogens (tertiary/aromatic N) is 2. The number of fused-ring (bicyclic) bond motifs is 1.